The van der Waals surface area contributed by atoms with Gasteiger partial charge < -0.3 is 16.0 Å². The monoisotopic (exact) mass is 441 g/mol. The number of rotatable bonds is 7. The molecule has 8 heteroatoms. The zero-order valence-electron chi connectivity index (χ0n) is 16.0. The van der Waals surface area contributed by atoms with E-state index in [9.17, 15) is 9.18 Å². The van der Waals surface area contributed by atoms with Crippen molar-refractivity contribution in [2.75, 3.05) is 33.2 Å². The van der Waals surface area contributed by atoms with Crippen LogP contribution in [0.15, 0.2) is 27.7 Å². The van der Waals surface area contributed by atoms with Gasteiger partial charge in [0.1, 0.15) is 5.82 Å². The second kappa shape index (κ2) is 11.2. The van der Waals surface area contributed by atoms with Crippen LogP contribution in [0.2, 0.25) is 0 Å². The van der Waals surface area contributed by atoms with Gasteiger partial charge in [0.15, 0.2) is 5.96 Å². The van der Waals surface area contributed by atoms with E-state index in [0.29, 0.717) is 30.7 Å². The largest absolute Gasteiger partial charge is 0.355 e. The molecular formula is C19H29BrFN5O. The molecule has 2 rings (SSSR count). The van der Waals surface area contributed by atoms with Gasteiger partial charge in [0.25, 0.3) is 0 Å². The first-order chi connectivity index (χ1) is 13.0. The number of benzene rings is 1. The summed E-state index contributed by atoms with van der Waals surface area (Å²) < 4.78 is 14.6. The first kappa shape index (κ1) is 21.6. The van der Waals surface area contributed by atoms with Crippen LogP contribution in [0, 0.1) is 5.82 Å². The topological polar surface area (TPSA) is 68.8 Å². The molecule has 6 nitrogen and oxygen atoms in total. The molecule has 0 atom stereocenters. The van der Waals surface area contributed by atoms with Gasteiger partial charge in [-0.1, -0.05) is 28.9 Å². The Labute approximate surface area is 169 Å². The highest BCUT2D eigenvalue weighted by atomic mass is 79.9. The van der Waals surface area contributed by atoms with Gasteiger partial charge in [-0.3, -0.25) is 14.7 Å². The number of hydrogen-bond acceptors (Lipinski definition) is 3. The lowest BCUT2D eigenvalue weighted by Gasteiger charge is -2.32. The quantitative estimate of drug-likeness (QED) is 0.448. The van der Waals surface area contributed by atoms with Gasteiger partial charge in [0.2, 0.25) is 5.91 Å². The lowest BCUT2D eigenvalue weighted by atomic mass is 10.1. The standard InChI is InChI=1S/C19H29BrFN5O/c1-3-8-23-18(27)13-26-9-6-16(7-10-26)25-19(22-2)24-12-14-4-5-15(20)11-17(14)21/h4-5,11,16H,3,6-10,12-13H2,1-2H3,(H,23,27)(H2,22,24,25). The van der Waals surface area contributed by atoms with E-state index < -0.39 is 0 Å². The molecule has 0 aliphatic carbocycles. The Morgan fingerprint density at radius 1 is 1.33 bits per heavy atom. The molecule has 1 heterocycles. The van der Waals surface area contributed by atoms with Crippen molar-refractivity contribution >= 4 is 27.8 Å². The number of likely N-dealkylation sites (tertiary alicyclic amines) is 1. The number of carbonyl (C=O) groups is 1. The molecule has 1 aliphatic heterocycles. The Bertz CT molecular complexity index is 647. The van der Waals surface area contributed by atoms with Crippen molar-refractivity contribution in [2.24, 2.45) is 4.99 Å². The van der Waals surface area contributed by atoms with E-state index in [-0.39, 0.29) is 11.7 Å². The van der Waals surface area contributed by atoms with Crippen molar-refractivity contribution in [3.8, 4) is 0 Å². The summed E-state index contributed by atoms with van der Waals surface area (Å²) in [5, 5.41) is 9.47. The van der Waals surface area contributed by atoms with Gasteiger partial charge in [0.05, 0.1) is 6.54 Å². The van der Waals surface area contributed by atoms with Gasteiger partial charge in [-0.05, 0) is 31.4 Å². The minimum Gasteiger partial charge on any atom is -0.355 e. The number of amides is 1. The van der Waals surface area contributed by atoms with Crippen molar-refractivity contribution in [2.45, 2.75) is 38.8 Å². The van der Waals surface area contributed by atoms with Crippen LogP contribution in [0.25, 0.3) is 0 Å². The third kappa shape index (κ3) is 7.46. The van der Waals surface area contributed by atoms with Gasteiger partial charge >= 0.3 is 0 Å². The smallest absolute Gasteiger partial charge is 0.234 e. The Morgan fingerprint density at radius 3 is 2.70 bits per heavy atom. The maximum Gasteiger partial charge on any atom is 0.234 e. The predicted octanol–water partition coefficient (Wildman–Crippen LogP) is 2.24. The highest BCUT2D eigenvalue weighted by molar-refractivity contribution is 9.10. The number of nitrogens with one attached hydrogen (secondary N) is 3. The van der Waals surface area contributed by atoms with E-state index in [2.05, 4.69) is 41.8 Å². The second-order valence-electron chi connectivity index (χ2n) is 6.71. The second-order valence-corrected chi connectivity index (χ2v) is 7.62. The Balaban J connectivity index is 1.73. The van der Waals surface area contributed by atoms with E-state index in [1.165, 1.54) is 6.07 Å². The molecule has 150 valence electrons. The fourth-order valence-corrected chi connectivity index (χ4v) is 3.32. The summed E-state index contributed by atoms with van der Waals surface area (Å²) >= 11 is 3.26. The first-order valence-corrected chi connectivity index (χ1v) is 10.2. The molecule has 0 unspecified atom stereocenters. The fraction of sp³-hybridized carbons (Fsp3) is 0.579. The normalized spacial score (nSPS) is 16.2. The van der Waals surface area contributed by atoms with Crippen LogP contribution in [-0.4, -0.2) is 56.0 Å². The molecule has 1 aliphatic rings. The van der Waals surface area contributed by atoms with E-state index in [0.717, 1.165) is 43.4 Å². The number of halogens is 2. The highest BCUT2D eigenvalue weighted by Crippen LogP contribution is 2.15. The molecule has 1 fully saturated rings. The number of guanidine groups is 1. The Hall–Kier alpha value is -1.67. The van der Waals surface area contributed by atoms with Crippen LogP contribution >= 0.6 is 15.9 Å². The summed E-state index contributed by atoms with van der Waals surface area (Å²) in [4.78, 5) is 18.2. The minimum absolute atomic E-state index is 0.0947. The lowest BCUT2D eigenvalue weighted by molar-refractivity contribution is -0.122. The predicted molar refractivity (Wildman–Crippen MR) is 110 cm³/mol. The lowest BCUT2D eigenvalue weighted by Crippen LogP contribution is -2.50. The van der Waals surface area contributed by atoms with Crippen LogP contribution in [0.3, 0.4) is 0 Å². The molecule has 1 aromatic carbocycles. The first-order valence-electron chi connectivity index (χ1n) is 9.42. The van der Waals surface area contributed by atoms with Gasteiger partial charge in [-0.15, -0.1) is 0 Å². The van der Waals surface area contributed by atoms with E-state index in [4.69, 9.17) is 0 Å². The summed E-state index contributed by atoms with van der Waals surface area (Å²) in [5.41, 5.74) is 0.592. The zero-order chi connectivity index (χ0) is 19.6. The van der Waals surface area contributed by atoms with Crippen molar-refractivity contribution < 1.29 is 9.18 Å². The summed E-state index contributed by atoms with van der Waals surface area (Å²) in [6, 6.07) is 5.32. The minimum atomic E-state index is -0.248. The van der Waals surface area contributed by atoms with Gasteiger partial charge in [-0.25, -0.2) is 4.39 Å². The molecule has 1 amide bonds. The molecular weight excluding hydrogens is 413 g/mol. The number of nitrogens with zero attached hydrogens (tertiary/aromatic N) is 2. The van der Waals surface area contributed by atoms with E-state index in [1.54, 1.807) is 13.1 Å². The molecule has 3 N–H and O–H groups in total. The van der Waals surface area contributed by atoms with Crippen LogP contribution in [0.1, 0.15) is 31.7 Å². The fourth-order valence-electron chi connectivity index (χ4n) is 2.99. The summed E-state index contributed by atoms with van der Waals surface area (Å²) in [5.74, 6) is 0.510. The van der Waals surface area contributed by atoms with Crippen molar-refractivity contribution in [3.05, 3.63) is 34.1 Å². The molecule has 27 heavy (non-hydrogen) atoms. The number of hydrogen-bond donors (Lipinski definition) is 3. The highest BCUT2D eigenvalue weighted by Gasteiger charge is 2.21. The zero-order valence-corrected chi connectivity index (χ0v) is 17.6. The number of piperidine rings is 1. The maximum absolute atomic E-state index is 13.9. The third-order valence-corrected chi connectivity index (χ3v) is 5.05. The molecule has 0 aromatic heterocycles. The Kier molecular flexibility index (Phi) is 9.00. The third-order valence-electron chi connectivity index (χ3n) is 4.55. The number of carbonyl (C=O) groups excluding carboxylic acids is 1. The van der Waals surface area contributed by atoms with Crippen molar-refractivity contribution in [1.29, 1.82) is 0 Å². The van der Waals surface area contributed by atoms with Crippen molar-refractivity contribution in [3.63, 3.8) is 0 Å². The SMILES string of the molecule is CCCNC(=O)CN1CCC(NC(=NC)NCc2ccc(Br)cc2F)CC1. The van der Waals surface area contributed by atoms with Crippen molar-refractivity contribution in [1.82, 2.24) is 20.9 Å². The van der Waals surface area contributed by atoms with E-state index >= 15 is 0 Å². The van der Waals surface area contributed by atoms with Crippen LogP contribution in [0.4, 0.5) is 4.39 Å². The molecule has 0 bridgehead atoms. The Morgan fingerprint density at radius 2 is 2.07 bits per heavy atom. The average molecular weight is 442 g/mol. The van der Waals surface area contributed by atoms with Crippen LogP contribution in [-0.2, 0) is 11.3 Å². The maximum atomic E-state index is 13.9. The summed E-state index contributed by atoms with van der Waals surface area (Å²) in [6.07, 6.45) is 2.83. The molecule has 1 saturated heterocycles. The molecule has 1 aromatic rings. The molecule has 0 saturated carbocycles. The molecule has 0 radical (unpaired) electrons. The molecule has 0 spiro atoms. The number of aliphatic imine (C=N–C) groups is 1. The average Bonchev–Trinajstić information content (AvgIpc) is 2.66. The van der Waals surface area contributed by atoms with E-state index in [1.807, 2.05) is 13.0 Å². The van der Waals surface area contributed by atoms with Crippen LogP contribution < -0.4 is 16.0 Å². The summed E-state index contributed by atoms with van der Waals surface area (Å²) in [7, 11) is 1.71. The van der Waals surface area contributed by atoms with Gasteiger partial charge in [-0.2, -0.15) is 0 Å². The van der Waals surface area contributed by atoms with Gasteiger partial charge in [0, 0.05) is 49.3 Å². The van der Waals surface area contributed by atoms with Crippen LogP contribution in [0.5, 0.6) is 0 Å². The summed E-state index contributed by atoms with van der Waals surface area (Å²) in [6.45, 7) is 5.35.